The third-order valence-corrected chi connectivity index (χ3v) is 5.93. The molecule has 0 saturated heterocycles. The van der Waals surface area contributed by atoms with Crippen molar-refractivity contribution in [2.75, 3.05) is 0 Å². The molecule has 0 aliphatic rings. The summed E-state index contributed by atoms with van der Waals surface area (Å²) in [6.07, 6.45) is 1.93. The molecule has 0 unspecified atom stereocenters. The van der Waals surface area contributed by atoms with E-state index in [1.165, 1.54) is 6.07 Å². The Morgan fingerprint density at radius 3 is 2.26 bits per heavy atom. The second-order valence-corrected chi connectivity index (χ2v) is 8.57. The van der Waals surface area contributed by atoms with E-state index in [1.54, 1.807) is 6.07 Å². The summed E-state index contributed by atoms with van der Waals surface area (Å²) in [6, 6.07) is 28.2. The third-order valence-electron chi connectivity index (χ3n) is 5.93. The van der Waals surface area contributed by atoms with Gasteiger partial charge in [-0.15, -0.1) is 0 Å². The predicted octanol–water partition coefficient (Wildman–Crippen LogP) is 6.60. The highest BCUT2D eigenvalue weighted by Crippen LogP contribution is 2.31. The average Bonchev–Trinajstić information content (AvgIpc) is 3.36. The second-order valence-electron chi connectivity index (χ2n) is 8.57. The molecule has 168 valence electrons. The van der Waals surface area contributed by atoms with Gasteiger partial charge < -0.3 is 0 Å². The molecule has 0 spiro atoms. The van der Waals surface area contributed by atoms with Crippen LogP contribution >= 0.6 is 0 Å². The summed E-state index contributed by atoms with van der Waals surface area (Å²) in [5.41, 5.74) is 4.73. The molecule has 34 heavy (non-hydrogen) atoms. The second kappa shape index (κ2) is 8.63. The van der Waals surface area contributed by atoms with Crippen LogP contribution in [0.4, 0.5) is 8.78 Å². The maximum atomic E-state index is 14.2. The van der Waals surface area contributed by atoms with Gasteiger partial charge in [-0.05, 0) is 67.4 Å². The fourth-order valence-electron chi connectivity index (χ4n) is 3.93. The van der Waals surface area contributed by atoms with Gasteiger partial charge in [0, 0.05) is 6.20 Å². The number of hydrogen-bond donors (Lipinski definition) is 0. The molecule has 0 bridgehead atoms. The number of halogens is 2. The van der Waals surface area contributed by atoms with E-state index in [9.17, 15) is 8.78 Å². The van der Waals surface area contributed by atoms with Gasteiger partial charge in [0.2, 0.25) is 11.9 Å². The summed E-state index contributed by atoms with van der Waals surface area (Å²) in [5.74, 6) is -1.75. The number of hydrogen-bond acceptors (Lipinski definition) is 3. The zero-order valence-corrected chi connectivity index (χ0v) is 18.8. The van der Waals surface area contributed by atoms with Crippen molar-refractivity contribution in [2.45, 2.75) is 19.3 Å². The Balaban J connectivity index is 1.48. The van der Waals surface area contributed by atoms with Crippen molar-refractivity contribution in [3.63, 3.8) is 0 Å². The van der Waals surface area contributed by atoms with Gasteiger partial charge in [-0.25, -0.2) is 4.68 Å². The molecule has 4 nitrogen and oxygen atoms in total. The van der Waals surface area contributed by atoms with Gasteiger partial charge in [-0.3, -0.25) is 4.98 Å². The number of rotatable bonds is 5. The SMILES string of the molecule is CC(C)(c1cccc(-c2ccc(F)nc2F)n1)c1ccn(-c2cccc(-c3ccccc3)c2)n1. The van der Waals surface area contributed by atoms with E-state index in [1.807, 2.05) is 73.3 Å². The molecule has 6 heteroatoms. The standard InChI is InChI=1S/C28H22F2N4/c1-28(2,24-13-7-12-23(31-24)22-14-15-26(29)32-27(22)30)25-16-17-34(33-25)21-11-6-10-20(18-21)19-8-4-3-5-9-19/h3-18H,1-2H3. The summed E-state index contributed by atoms with van der Waals surface area (Å²) in [5, 5.41) is 4.84. The average molecular weight is 453 g/mol. The Bertz CT molecular complexity index is 1460. The van der Waals surface area contributed by atoms with Crippen LogP contribution in [-0.2, 0) is 5.41 Å². The van der Waals surface area contributed by atoms with Crippen molar-refractivity contribution in [1.29, 1.82) is 0 Å². The number of pyridine rings is 2. The van der Waals surface area contributed by atoms with Crippen LogP contribution in [0.5, 0.6) is 0 Å². The van der Waals surface area contributed by atoms with Gasteiger partial charge in [-0.1, -0.05) is 48.5 Å². The Kier molecular flexibility index (Phi) is 5.49. The van der Waals surface area contributed by atoms with Crippen LogP contribution in [0.25, 0.3) is 28.1 Å². The van der Waals surface area contributed by atoms with Gasteiger partial charge in [0.05, 0.1) is 33.7 Å². The third kappa shape index (κ3) is 4.10. The first-order valence-electron chi connectivity index (χ1n) is 10.9. The zero-order chi connectivity index (χ0) is 23.7. The summed E-state index contributed by atoms with van der Waals surface area (Å²) >= 11 is 0. The number of benzene rings is 2. The molecule has 5 rings (SSSR count). The molecule has 0 aliphatic carbocycles. The molecule has 0 N–H and O–H groups in total. The van der Waals surface area contributed by atoms with Crippen LogP contribution in [0.1, 0.15) is 25.2 Å². The molecule has 5 aromatic rings. The zero-order valence-electron chi connectivity index (χ0n) is 18.8. The molecule has 3 heterocycles. The monoisotopic (exact) mass is 452 g/mol. The smallest absolute Gasteiger partial charge is 0.224 e. The van der Waals surface area contributed by atoms with Gasteiger partial charge in [-0.2, -0.15) is 18.9 Å². The van der Waals surface area contributed by atoms with E-state index in [0.717, 1.165) is 34.3 Å². The lowest BCUT2D eigenvalue weighted by Crippen LogP contribution is -2.22. The molecule has 3 aromatic heterocycles. The van der Waals surface area contributed by atoms with Crippen molar-refractivity contribution >= 4 is 0 Å². The first-order chi connectivity index (χ1) is 16.4. The van der Waals surface area contributed by atoms with Gasteiger partial charge >= 0.3 is 0 Å². The van der Waals surface area contributed by atoms with E-state index in [0.29, 0.717) is 5.69 Å². The lowest BCUT2D eigenvalue weighted by atomic mass is 9.85. The molecule has 0 radical (unpaired) electrons. The maximum absolute atomic E-state index is 14.2. The number of aromatic nitrogens is 4. The predicted molar refractivity (Wildman–Crippen MR) is 129 cm³/mol. The Hall–Kier alpha value is -4.19. The Labute approximate surface area is 196 Å². The largest absolute Gasteiger partial charge is 0.252 e. The van der Waals surface area contributed by atoms with E-state index in [2.05, 4.69) is 34.2 Å². The molecule has 0 fully saturated rings. The highest BCUT2D eigenvalue weighted by Gasteiger charge is 2.28. The summed E-state index contributed by atoms with van der Waals surface area (Å²) < 4.78 is 29.3. The van der Waals surface area contributed by atoms with Gasteiger partial charge in [0.15, 0.2) is 0 Å². The maximum Gasteiger partial charge on any atom is 0.224 e. The van der Waals surface area contributed by atoms with E-state index in [-0.39, 0.29) is 5.56 Å². The van der Waals surface area contributed by atoms with Crippen molar-refractivity contribution < 1.29 is 8.78 Å². The van der Waals surface area contributed by atoms with E-state index < -0.39 is 17.3 Å². The number of nitrogens with zero attached hydrogens (tertiary/aromatic N) is 4. The van der Waals surface area contributed by atoms with Crippen LogP contribution in [0.15, 0.2) is 97.2 Å². The van der Waals surface area contributed by atoms with Crippen molar-refractivity contribution in [1.82, 2.24) is 19.7 Å². The topological polar surface area (TPSA) is 43.6 Å². The van der Waals surface area contributed by atoms with Crippen LogP contribution < -0.4 is 0 Å². The minimum atomic E-state index is -0.884. The molecular weight excluding hydrogens is 430 g/mol. The van der Waals surface area contributed by atoms with E-state index in [4.69, 9.17) is 5.10 Å². The first kappa shape index (κ1) is 21.6. The molecule has 0 atom stereocenters. The fourth-order valence-corrected chi connectivity index (χ4v) is 3.93. The van der Waals surface area contributed by atoms with Crippen molar-refractivity contribution in [3.05, 3.63) is 120 Å². The minimum absolute atomic E-state index is 0.155. The highest BCUT2D eigenvalue weighted by atomic mass is 19.1. The van der Waals surface area contributed by atoms with Crippen LogP contribution in [0, 0.1) is 11.9 Å². The van der Waals surface area contributed by atoms with Crippen LogP contribution in [0.2, 0.25) is 0 Å². The molecule has 0 saturated carbocycles. The van der Waals surface area contributed by atoms with Crippen molar-refractivity contribution in [3.8, 4) is 28.1 Å². The molecule has 0 amide bonds. The summed E-state index contributed by atoms with van der Waals surface area (Å²) in [6.45, 7) is 4.04. The van der Waals surface area contributed by atoms with E-state index >= 15 is 0 Å². The van der Waals surface area contributed by atoms with Gasteiger partial charge in [0.25, 0.3) is 0 Å². The highest BCUT2D eigenvalue weighted by molar-refractivity contribution is 5.65. The lowest BCUT2D eigenvalue weighted by Gasteiger charge is -2.22. The molecular formula is C28H22F2N4. The molecule has 0 aliphatic heterocycles. The van der Waals surface area contributed by atoms with Crippen molar-refractivity contribution in [2.24, 2.45) is 0 Å². The van der Waals surface area contributed by atoms with Gasteiger partial charge in [0.1, 0.15) is 0 Å². The summed E-state index contributed by atoms with van der Waals surface area (Å²) in [4.78, 5) is 7.94. The Morgan fingerprint density at radius 1 is 0.706 bits per heavy atom. The summed E-state index contributed by atoms with van der Waals surface area (Å²) in [7, 11) is 0. The van der Waals surface area contributed by atoms with Crippen LogP contribution in [-0.4, -0.2) is 19.7 Å². The first-order valence-corrected chi connectivity index (χ1v) is 10.9. The quantitative estimate of drug-likeness (QED) is 0.282. The lowest BCUT2D eigenvalue weighted by molar-refractivity contribution is 0.514. The Morgan fingerprint density at radius 2 is 1.47 bits per heavy atom. The fraction of sp³-hybridized carbons (Fsp3) is 0.107. The normalized spacial score (nSPS) is 11.5. The molecule has 2 aromatic carbocycles. The van der Waals surface area contributed by atoms with Crippen LogP contribution in [0.3, 0.4) is 0 Å². The minimum Gasteiger partial charge on any atom is -0.252 e.